The summed E-state index contributed by atoms with van der Waals surface area (Å²) in [6.07, 6.45) is 0. The van der Waals surface area contributed by atoms with Gasteiger partial charge >= 0.3 is 0 Å². The Labute approximate surface area is 129 Å². The summed E-state index contributed by atoms with van der Waals surface area (Å²) in [5, 5.41) is 13.3. The molecule has 0 spiro atoms. The van der Waals surface area contributed by atoms with Crippen molar-refractivity contribution < 1.29 is 14.8 Å². The van der Waals surface area contributed by atoms with E-state index in [0.717, 1.165) is 4.88 Å². The molecule has 1 atom stereocenters. The Morgan fingerprint density at radius 2 is 2.00 bits per heavy atom. The van der Waals surface area contributed by atoms with Crippen LogP contribution in [-0.4, -0.2) is 42.6 Å². The number of nitrogens with one attached hydrogen (secondary N) is 2. The Hall–Kier alpha value is -1.44. The number of amides is 2. The molecule has 0 unspecified atom stereocenters. The van der Waals surface area contributed by atoms with E-state index in [4.69, 9.17) is 5.21 Å². The van der Waals surface area contributed by atoms with Gasteiger partial charge in [0.15, 0.2) is 0 Å². The van der Waals surface area contributed by atoms with E-state index in [9.17, 15) is 9.59 Å². The number of thiophene rings is 1. The van der Waals surface area contributed by atoms with E-state index in [0.29, 0.717) is 12.1 Å². The molecular weight excluding hydrogens is 290 g/mol. The predicted octanol–water partition coefficient (Wildman–Crippen LogP) is 1.63. The van der Waals surface area contributed by atoms with E-state index in [1.807, 2.05) is 34.9 Å². The molecule has 0 fully saturated rings. The first-order valence-corrected chi connectivity index (χ1v) is 7.50. The first-order valence-electron chi connectivity index (χ1n) is 6.62. The predicted molar refractivity (Wildman–Crippen MR) is 82.5 cm³/mol. The van der Waals surface area contributed by atoms with E-state index in [-0.39, 0.29) is 17.4 Å². The summed E-state index contributed by atoms with van der Waals surface area (Å²) in [4.78, 5) is 26.1. The van der Waals surface area contributed by atoms with Gasteiger partial charge in [0.1, 0.15) is 0 Å². The van der Waals surface area contributed by atoms with Crippen molar-refractivity contribution in [3.05, 3.63) is 21.9 Å². The van der Waals surface area contributed by atoms with Crippen molar-refractivity contribution in [2.24, 2.45) is 5.41 Å². The summed E-state index contributed by atoms with van der Waals surface area (Å²) in [6, 6.07) is 1.50. The normalized spacial score (nSPS) is 13.1. The largest absolute Gasteiger partial charge is 0.347 e. The Bertz CT molecular complexity index is 506. The minimum atomic E-state index is -0.551. The number of hydrogen-bond donors (Lipinski definition) is 3. The molecule has 0 bridgehead atoms. The second-order valence-electron chi connectivity index (χ2n) is 6.28. The molecule has 118 valence electrons. The quantitative estimate of drug-likeness (QED) is 0.570. The van der Waals surface area contributed by atoms with Crippen LogP contribution >= 0.6 is 11.3 Å². The van der Waals surface area contributed by atoms with Crippen LogP contribution in [0, 0.1) is 5.41 Å². The Balaban J connectivity index is 2.96. The lowest BCUT2D eigenvalue weighted by molar-refractivity contribution is -0.123. The van der Waals surface area contributed by atoms with E-state index in [1.54, 1.807) is 21.8 Å². The highest BCUT2D eigenvalue weighted by Crippen LogP contribution is 2.36. The molecule has 7 heteroatoms. The number of nitrogens with zero attached hydrogens (tertiary/aromatic N) is 1. The minimum absolute atomic E-state index is 0.0681. The third-order valence-electron chi connectivity index (χ3n) is 2.90. The molecule has 2 amide bonds. The van der Waals surface area contributed by atoms with Crippen LogP contribution in [0.1, 0.15) is 42.0 Å². The smallest absolute Gasteiger partial charge is 0.275 e. The van der Waals surface area contributed by atoms with Gasteiger partial charge in [-0.05, 0) is 25.6 Å². The summed E-state index contributed by atoms with van der Waals surface area (Å²) < 4.78 is 0. The molecule has 0 aromatic carbocycles. The van der Waals surface area contributed by atoms with Gasteiger partial charge in [0, 0.05) is 10.3 Å². The van der Waals surface area contributed by atoms with Crippen molar-refractivity contribution in [1.82, 2.24) is 15.7 Å². The Kier molecular flexibility index (Phi) is 5.88. The van der Waals surface area contributed by atoms with Gasteiger partial charge in [-0.15, -0.1) is 11.3 Å². The summed E-state index contributed by atoms with van der Waals surface area (Å²) in [7, 11) is 3.67. The van der Waals surface area contributed by atoms with Crippen molar-refractivity contribution in [3.63, 3.8) is 0 Å². The number of hydroxylamine groups is 1. The molecule has 0 saturated carbocycles. The van der Waals surface area contributed by atoms with Gasteiger partial charge < -0.3 is 10.2 Å². The van der Waals surface area contributed by atoms with Crippen LogP contribution in [0.4, 0.5) is 0 Å². The average molecular weight is 313 g/mol. The monoisotopic (exact) mass is 313 g/mol. The first kappa shape index (κ1) is 17.6. The molecule has 3 N–H and O–H groups in total. The van der Waals surface area contributed by atoms with Gasteiger partial charge in [0.25, 0.3) is 5.91 Å². The molecule has 0 aliphatic rings. The second kappa shape index (κ2) is 7.02. The maximum atomic E-state index is 12.0. The van der Waals surface area contributed by atoms with E-state index < -0.39 is 5.91 Å². The van der Waals surface area contributed by atoms with Gasteiger partial charge in [0.2, 0.25) is 5.91 Å². The Morgan fingerprint density at radius 3 is 2.48 bits per heavy atom. The SMILES string of the molecule is CN(C)CC(=O)N[C@H](c1cc(C(=O)NO)cs1)C(C)(C)C. The first-order chi connectivity index (χ1) is 9.65. The van der Waals surface area contributed by atoms with E-state index >= 15 is 0 Å². The van der Waals surface area contributed by atoms with Gasteiger partial charge in [-0.25, -0.2) is 5.48 Å². The number of carbonyl (C=O) groups is 2. The number of hydrogen-bond acceptors (Lipinski definition) is 5. The van der Waals surface area contributed by atoms with Crippen LogP contribution < -0.4 is 10.8 Å². The second-order valence-corrected chi connectivity index (χ2v) is 7.23. The van der Waals surface area contributed by atoms with Crippen LogP contribution in [0.25, 0.3) is 0 Å². The van der Waals surface area contributed by atoms with Crippen LogP contribution in [0.15, 0.2) is 11.4 Å². The zero-order chi connectivity index (χ0) is 16.2. The van der Waals surface area contributed by atoms with Gasteiger partial charge in [-0.3, -0.25) is 14.8 Å². The molecule has 1 aromatic heterocycles. The molecule has 1 rings (SSSR count). The zero-order valence-electron chi connectivity index (χ0n) is 13.1. The van der Waals surface area contributed by atoms with E-state index in [1.165, 1.54) is 11.3 Å². The molecule has 0 aliphatic heterocycles. The molecule has 1 heterocycles. The van der Waals surface area contributed by atoms with E-state index in [2.05, 4.69) is 5.32 Å². The molecule has 21 heavy (non-hydrogen) atoms. The molecule has 0 radical (unpaired) electrons. The van der Waals surface area contributed by atoms with Gasteiger partial charge in [-0.2, -0.15) is 0 Å². The third kappa shape index (κ3) is 5.11. The van der Waals surface area contributed by atoms with Gasteiger partial charge in [-0.1, -0.05) is 20.8 Å². The molecule has 0 aliphatic carbocycles. The standard InChI is InChI=1S/C14H23N3O3S/c1-14(2,3)12(15-11(18)7-17(4)5)10-6-9(8-21-10)13(19)16-20/h6,8,12,20H,7H2,1-5H3,(H,15,18)(H,16,19)/t12-/m1/s1. The van der Waals surface area contributed by atoms with Crippen LogP contribution in [0.2, 0.25) is 0 Å². The fourth-order valence-electron chi connectivity index (χ4n) is 1.90. The average Bonchev–Trinajstić information content (AvgIpc) is 2.81. The summed E-state index contributed by atoms with van der Waals surface area (Å²) in [5.74, 6) is -0.619. The number of carbonyl (C=O) groups excluding carboxylic acids is 2. The summed E-state index contributed by atoms with van der Waals surface area (Å²) in [6.45, 7) is 6.39. The van der Waals surface area contributed by atoms with Crippen LogP contribution in [0.5, 0.6) is 0 Å². The highest BCUT2D eigenvalue weighted by molar-refractivity contribution is 7.10. The van der Waals surface area contributed by atoms with Crippen molar-refractivity contribution >= 4 is 23.2 Å². The topological polar surface area (TPSA) is 81.7 Å². The lowest BCUT2D eigenvalue weighted by atomic mass is 9.85. The van der Waals surface area contributed by atoms with Crippen LogP contribution in [0.3, 0.4) is 0 Å². The summed E-state index contributed by atoms with van der Waals surface area (Å²) >= 11 is 1.39. The highest BCUT2D eigenvalue weighted by Gasteiger charge is 2.29. The molecule has 1 aromatic rings. The lowest BCUT2D eigenvalue weighted by Gasteiger charge is -2.31. The lowest BCUT2D eigenvalue weighted by Crippen LogP contribution is -2.40. The van der Waals surface area contributed by atoms with Crippen molar-refractivity contribution in [3.8, 4) is 0 Å². The van der Waals surface area contributed by atoms with Gasteiger partial charge in [0.05, 0.1) is 18.2 Å². The fourth-order valence-corrected chi connectivity index (χ4v) is 3.08. The van der Waals surface area contributed by atoms with Crippen molar-refractivity contribution in [2.75, 3.05) is 20.6 Å². The summed E-state index contributed by atoms with van der Waals surface area (Å²) in [5.41, 5.74) is 1.80. The molecular formula is C14H23N3O3S. The fraction of sp³-hybridized carbons (Fsp3) is 0.571. The number of likely N-dealkylation sites (N-methyl/N-ethyl adjacent to an activating group) is 1. The molecule has 0 saturated heterocycles. The maximum absolute atomic E-state index is 12.0. The maximum Gasteiger partial charge on any atom is 0.275 e. The van der Waals surface area contributed by atoms with Crippen molar-refractivity contribution in [2.45, 2.75) is 26.8 Å². The minimum Gasteiger partial charge on any atom is -0.347 e. The van der Waals surface area contributed by atoms with Crippen molar-refractivity contribution in [1.29, 1.82) is 0 Å². The third-order valence-corrected chi connectivity index (χ3v) is 3.90. The highest BCUT2D eigenvalue weighted by atomic mass is 32.1. The zero-order valence-corrected chi connectivity index (χ0v) is 13.9. The molecule has 6 nitrogen and oxygen atoms in total. The number of rotatable bonds is 5. The Morgan fingerprint density at radius 1 is 1.38 bits per heavy atom. The van der Waals surface area contributed by atoms with Crippen LogP contribution in [-0.2, 0) is 4.79 Å².